The molecule has 1 aliphatic rings. The van der Waals surface area contributed by atoms with Gasteiger partial charge in [0.05, 0.1) is 33.8 Å². The molecule has 36 heavy (non-hydrogen) atoms. The van der Waals surface area contributed by atoms with Crippen molar-refractivity contribution in [3.63, 3.8) is 0 Å². The van der Waals surface area contributed by atoms with Gasteiger partial charge in [-0.25, -0.2) is 9.37 Å². The van der Waals surface area contributed by atoms with Gasteiger partial charge in [0, 0.05) is 0 Å². The van der Waals surface area contributed by atoms with Crippen LogP contribution in [0.2, 0.25) is 0 Å². The molecule has 3 aromatic carbocycles. The molecule has 0 saturated carbocycles. The van der Waals surface area contributed by atoms with E-state index < -0.39 is 23.2 Å². The van der Waals surface area contributed by atoms with Crippen LogP contribution in [0.5, 0.6) is 5.75 Å². The van der Waals surface area contributed by atoms with Crippen LogP contribution in [0, 0.1) is 19.7 Å². The Labute approximate surface area is 209 Å². The zero-order valence-electron chi connectivity index (χ0n) is 19.8. The third-order valence-corrected chi connectivity index (χ3v) is 7.34. The van der Waals surface area contributed by atoms with Crippen molar-refractivity contribution in [2.45, 2.75) is 26.8 Å². The Morgan fingerprint density at radius 1 is 1.11 bits per heavy atom. The molecule has 0 N–H and O–H groups in total. The molecule has 0 aliphatic carbocycles. The highest BCUT2D eigenvalue weighted by Gasteiger charge is 2.45. The van der Waals surface area contributed by atoms with E-state index in [4.69, 9.17) is 14.1 Å². The van der Waals surface area contributed by atoms with Gasteiger partial charge < -0.3 is 9.15 Å². The van der Waals surface area contributed by atoms with Crippen molar-refractivity contribution < 1.29 is 18.3 Å². The maximum absolute atomic E-state index is 14.1. The van der Waals surface area contributed by atoms with Crippen molar-refractivity contribution in [1.82, 2.24) is 4.98 Å². The fourth-order valence-corrected chi connectivity index (χ4v) is 6.03. The highest BCUT2D eigenvalue weighted by atomic mass is 32.1. The van der Waals surface area contributed by atoms with Crippen LogP contribution in [-0.4, -0.2) is 17.5 Å². The number of nitrogens with zero attached hydrogens (tertiary/aromatic N) is 2. The van der Waals surface area contributed by atoms with Gasteiger partial charge in [0.25, 0.3) is 5.91 Å². The van der Waals surface area contributed by atoms with Crippen LogP contribution in [-0.2, 0) is 0 Å². The van der Waals surface area contributed by atoms with E-state index in [0.29, 0.717) is 23.1 Å². The third-order valence-electron chi connectivity index (χ3n) is 6.34. The summed E-state index contributed by atoms with van der Waals surface area (Å²) in [6.45, 7) is 6.34. The number of aryl methyl sites for hydroxylation is 2. The molecular formula is C28H21FN2O4S. The number of ether oxygens (including phenoxy) is 1. The van der Waals surface area contributed by atoms with Gasteiger partial charge in [0.1, 0.15) is 17.1 Å². The van der Waals surface area contributed by atoms with E-state index in [2.05, 4.69) is 0 Å². The van der Waals surface area contributed by atoms with E-state index in [-0.39, 0.29) is 22.3 Å². The molecule has 1 atom stereocenters. The van der Waals surface area contributed by atoms with Gasteiger partial charge in [-0.1, -0.05) is 29.5 Å². The number of hydrogen-bond acceptors (Lipinski definition) is 6. The van der Waals surface area contributed by atoms with Gasteiger partial charge in [0.2, 0.25) is 5.76 Å². The number of hydrogen-bond donors (Lipinski definition) is 0. The van der Waals surface area contributed by atoms with E-state index in [1.165, 1.54) is 28.4 Å². The molecule has 1 aliphatic heterocycles. The number of thiazole rings is 1. The molecule has 3 heterocycles. The zero-order valence-corrected chi connectivity index (χ0v) is 20.6. The average molecular weight is 501 g/mol. The van der Waals surface area contributed by atoms with Crippen LogP contribution in [0.25, 0.3) is 21.2 Å². The topological polar surface area (TPSA) is 72.6 Å². The summed E-state index contributed by atoms with van der Waals surface area (Å²) < 4.78 is 26.6. The van der Waals surface area contributed by atoms with Crippen LogP contribution in [0.1, 0.15) is 45.8 Å². The van der Waals surface area contributed by atoms with Crippen LogP contribution in [0.3, 0.4) is 0 Å². The number of halogens is 1. The van der Waals surface area contributed by atoms with Crippen molar-refractivity contribution >= 4 is 43.6 Å². The molecule has 5 aromatic rings. The van der Waals surface area contributed by atoms with Gasteiger partial charge in [-0.3, -0.25) is 14.5 Å². The fraction of sp³-hybridized carbons (Fsp3) is 0.179. The second kappa shape index (κ2) is 8.27. The second-order valence-corrected chi connectivity index (χ2v) is 9.83. The minimum Gasteiger partial charge on any atom is -0.494 e. The predicted octanol–water partition coefficient (Wildman–Crippen LogP) is 6.31. The third kappa shape index (κ3) is 3.40. The van der Waals surface area contributed by atoms with Gasteiger partial charge >= 0.3 is 0 Å². The lowest BCUT2D eigenvalue weighted by Gasteiger charge is -2.23. The number of carbonyl (C=O) groups excluding carboxylic acids is 1. The molecule has 0 radical (unpaired) electrons. The summed E-state index contributed by atoms with van der Waals surface area (Å²) in [7, 11) is 0. The van der Waals surface area contributed by atoms with E-state index in [1.54, 1.807) is 0 Å². The van der Waals surface area contributed by atoms with Crippen molar-refractivity contribution in [3.05, 3.63) is 98.7 Å². The Morgan fingerprint density at radius 2 is 1.94 bits per heavy atom. The second-order valence-electron chi connectivity index (χ2n) is 8.82. The Bertz CT molecular complexity index is 1760. The molecule has 6 rings (SSSR count). The summed E-state index contributed by atoms with van der Waals surface area (Å²) in [6, 6.07) is 14.3. The Hall–Kier alpha value is -4.04. The highest BCUT2D eigenvalue weighted by Crippen LogP contribution is 2.44. The van der Waals surface area contributed by atoms with Gasteiger partial charge in [-0.2, -0.15) is 0 Å². The molecule has 0 spiro atoms. The minimum absolute atomic E-state index is 0.0573. The summed E-state index contributed by atoms with van der Waals surface area (Å²) in [5, 5.41) is 0.543. The quantitative estimate of drug-likeness (QED) is 0.289. The summed E-state index contributed by atoms with van der Waals surface area (Å²) in [5.74, 6) is -0.461. The lowest BCUT2D eigenvalue weighted by atomic mass is 9.98. The van der Waals surface area contributed by atoms with Crippen molar-refractivity contribution in [2.75, 3.05) is 11.5 Å². The zero-order chi connectivity index (χ0) is 25.1. The summed E-state index contributed by atoms with van der Waals surface area (Å²) in [5.41, 5.74) is 3.45. The molecule has 6 nitrogen and oxygen atoms in total. The van der Waals surface area contributed by atoms with Crippen molar-refractivity contribution in [2.24, 2.45) is 0 Å². The summed E-state index contributed by atoms with van der Waals surface area (Å²) >= 11 is 1.38. The summed E-state index contributed by atoms with van der Waals surface area (Å²) in [6.07, 6.45) is 0. The lowest BCUT2D eigenvalue weighted by Crippen LogP contribution is -2.29. The number of aromatic nitrogens is 1. The SMILES string of the molecule is CCOc1cccc([C@H]2c3c(oc4ccc(F)cc4c3=O)C(=O)N2c2nc3c(C)cc(C)cc3s2)c1. The number of rotatable bonds is 4. The average Bonchev–Trinajstić information content (AvgIpc) is 3.39. The van der Waals surface area contributed by atoms with E-state index in [1.807, 2.05) is 57.2 Å². The number of fused-ring (bicyclic) bond motifs is 3. The fourth-order valence-electron chi connectivity index (χ4n) is 4.86. The molecule has 0 unspecified atom stereocenters. The van der Waals surface area contributed by atoms with E-state index in [0.717, 1.165) is 27.4 Å². The van der Waals surface area contributed by atoms with E-state index in [9.17, 15) is 14.0 Å². The van der Waals surface area contributed by atoms with Gasteiger partial charge in [0.15, 0.2) is 10.6 Å². The predicted molar refractivity (Wildman–Crippen MR) is 138 cm³/mol. The van der Waals surface area contributed by atoms with Crippen molar-refractivity contribution in [1.29, 1.82) is 0 Å². The van der Waals surface area contributed by atoms with Crippen LogP contribution >= 0.6 is 11.3 Å². The highest BCUT2D eigenvalue weighted by molar-refractivity contribution is 7.22. The monoisotopic (exact) mass is 500 g/mol. The smallest absolute Gasteiger partial charge is 0.297 e. The first-order valence-electron chi connectivity index (χ1n) is 11.6. The first-order chi connectivity index (χ1) is 17.4. The molecule has 180 valence electrons. The largest absolute Gasteiger partial charge is 0.494 e. The first kappa shape index (κ1) is 22.4. The standard InChI is InChI=1S/C28H21FN2O4S/c1-4-34-18-7-5-6-16(12-18)24-22-25(32)19-13-17(29)8-9-20(19)35-26(22)27(33)31(24)28-30-23-15(3)10-14(2)11-21(23)36-28/h5-13,24H,4H2,1-3H3/t24-/m0/s1. The maximum atomic E-state index is 14.1. The molecule has 0 bridgehead atoms. The van der Waals surface area contributed by atoms with Gasteiger partial charge in [-0.15, -0.1) is 0 Å². The first-order valence-corrected chi connectivity index (χ1v) is 12.4. The van der Waals surface area contributed by atoms with Crippen LogP contribution < -0.4 is 15.1 Å². The Balaban J connectivity index is 1.63. The van der Waals surface area contributed by atoms with Crippen molar-refractivity contribution in [3.8, 4) is 5.75 Å². The molecular weight excluding hydrogens is 479 g/mol. The Kier molecular flexibility index (Phi) is 5.15. The Morgan fingerprint density at radius 3 is 2.75 bits per heavy atom. The maximum Gasteiger partial charge on any atom is 0.297 e. The summed E-state index contributed by atoms with van der Waals surface area (Å²) in [4.78, 5) is 33.9. The van der Waals surface area contributed by atoms with Crippen LogP contribution in [0.15, 0.2) is 63.8 Å². The molecule has 2 aromatic heterocycles. The minimum atomic E-state index is -0.807. The number of amides is 1. The number of benzene rings is 3. The normalized spacial score (nSPS) is 15.2. The lowest BCUT2D eigenvalue weighted by molar-refractivity contribution is 0.0971. The number of anilines is 1. The molecule has 1 amide bonds. The van der Waals surface area contributed by atoms with E-state index >= 15 is 0 Å². The molecule has 0 fully saturated rings. The van der Waals surface area contributed by atoms with Crippen LogP contribution in [0.4, 0.5) is 9.52 Å². The molecule has 8 heteroatoms. The number of carbonyl (C=O) groups is 1. The van der Waals surface area contributed by atoms with Gasteiger partial charge in [-0.05, 0) is 73.9 Å². The molecule has 0 saturated heterocycles.